The number of carbonyl (C=O) groups excluding carboxylic acids is 1. The molecule has 2 atom stereocenters. The smallest absolute Gasteiger partial charge is 0.325 e. The molecule has 8 heteroatoms. The molecule has 4 N–H and O–H groups in total. The van der Waals surface area contributed by atoms with Gasteiger partial charge in [0.25, 0.3) is 0 Å². The number of rotatable bonds is 4. The van der Waals surface area contributed by atoms with E-state index < -0.39 is 11.4 Å². The van der Waals surface area contributed by atoms with Gasteiger partial charge in [-0.3, -0.25) is 14.3 Å². The van der Waals surface area contributed by atoms with Gasteiger partial charge in [0.05, 0.1) is 30.5 Å². The molecule has 2 heterocycles. The Morgan fingerprint density at radius 3 is 3.05 bits per heavy atom. The van der Waals surface area contributed by atoms with E-state index >= 15 is 0 Å². The number of anilines is 1. The lowest BCUT2D eigenvalue weighted by Gasteiger charge is -2.24. The lowest BCUT2D eigenvalue weighted by Crippen LogP contribution is -2.47. The Balaban J connectivity index is 2.03. The second kappa shape index (κ2) is 4.98. The van der Waals surface area contributed by atoms with Crippen LogP contribution in [0.1, 0.15) is 6.92 Å². The molecule has 0 radical (unpaired) electrons. The van der Waals surface area contributed by atoms with Crippen LogP contribution in [-0.2, 0) is 20.9 Å². The third-order valence-electron chi connectivity index (χ3n) is 3.22. The topological polar surface area (TPSA) is 119 Å². The third kappa shape index (κ3) is 2.74. The van der Waals surface area contributed by atoms with Crippen LogP contribution >= 0.6 is 0 Å². The fourth-order valence-electron chi connectivity index (χ4n) is 1.85. The average molecular weight is 268 g/mol. The van der Waals surface area contributed by atoms with E-state index in [1.54, 1.807) is 6.92 Å². The maximum absolute atomic E-state index is 12.2. The summed E-state index contributed by atoms with van der Waals surface area (Å²) in [6.07, 6.45) is 2.85. The number of carboxylic acid groups (broad SMARTS) is 1. The lowest BCUT2D eigenvalue weighted by molar-refractivity contribution is -0.137. The van der Waals surface area contributed by atoms with Crippen LogP contribution in [-0.4, -0.2) is 46.0 Å². The SMILES string of the molecule is CC1(C(=O)Nc2cnn(CC(=O)O)c2)COCC1N. The highest BCUT2D eigenvalue weighted by molar-refractivity contribution is 5.95. The first-order valence-corrected chi connectivity index (χ1v) is 5.81. The molecule has 0 aliphatic carbocycles. The molecular formula is C11H16N4O4. The average Bonchev–Trinajstić information content (AvgIpc) is 2.87. The van der Waals surface area contributed by atoms with Crippen molar-refractivity contribution in [2.24, 2.45) is 11.1 Å². The second-order valence-electron chi connectivity index (χ2n) is 4.81. The predicted molar refractivity (Wildman–Crippen MR) is 65.4 cm³/mol. The first kappa shape index (κ1) is 13.5. The normalized spacial score (nSPS) is 26.3. The number of carbonyl (C=O) groups is 2. The molecule has 0 bridgehead atoms. The second-order valence-corrected chi connectivity index (χ2v) is 4.81. The summed E-state index contributed by atoms with van der Waals surface area (Å²) in [5.41, 5.74) is 5.51. The summed E-state index contributed by atoms with van der Waals surface area (Å²) in [5, 5.41) is 15.1. The molecule has 2 unspecified atom stereocenters. The minimum Gasteiger partial charge on any atom is -0.480 e. The first-order chi connectivity index (χ1) is 8.91. The largest absolute Gasteiger partial charge is 0.480 e. The maximum atomic E-state index is 12.2. The zero-order valence-corrected chi connectivity index (χ0v) is 10.5. The number of nitrogens with zero attached hydrogens (tertiary/aromatic N) is 2. The summed E-state index contributed by atoms with van der Waals surface area (Å²) < 4.78 is 6.43. The van der Waals surface area contributed by atoms with Crippen molar-refractivity contribution in [1.29, 1.82) is 0 Å². The van der Waals surface area contributed by atoms with Crippen LogP contribution in [0.25, 0.3) is 0 Å². The number of hydrogen-bond acceptors (Lipinski definition) is 5. The van der Waals surface area contributed by atoms with Gasteiger partial charge in [0.2, 0.25) is 5.91 Å². The van der Waals surface area contributed by atoms with Crippen molar-refractivity contribution >= 4 is 17.6 Å². The van der Waals surface area contributed by atoms with E-state index in [9.17, 15) is 9.59 Å². The molecular weight excluding hydrogens is 252 g/mol. The molecule has 19 heavy (non-hydrogen) atoms. The zero-order chi connectivity index (χ0) is 14.0. The fourth-order valence-corrected chi connectivity index (χ4v) is 1.85. The zero-order valence-electron chi connectivity index (χ0n) is 10.5. The van der Waals surface area contributed by atoms with Gasteiger partial charge in [-0.1, -0.05) is 0 Å². The van der Waals surface area contributed by atoms with Gasteiger partial charge in [-0.2, -0.15) is 5.10 Å². The van der Waals surface area contributed by atoms with Crippen molar-refractivity contribution < 1.29 is 19.4 Å². The molecule has 0 spiro atoms. The van der Waals surface area contributed by atoms with Crippen LogP contribution in [0.5, 0.6) is 0 Å². The van der Waals surface area contributed by atoms with E-state index in [0.717, 1.165) is 0 Å². The maximum Gasteiger partial charge on any atom is 0.325 e. The van der Waals surface area contributed by atoms with Gasteiger partial charge < -0.3 is 20.9 Å². The quantitative estimate of drug-likeness (QED) is 0.662. The van der Waals surface area contributed by atoms with Crippen LogP contribution in [0.3, 0.4) is 0 Å². The van der Waals surface area contributed by atoms with Gasteiger partial charge >= 0.3 is 5.97 Å². The van der Waals surface area contributed by atoms with Gasteiger partial charge in [0.1, 0.15) is 6.54 Å². The summed E-state index contributed by atoms with van der Waals surface area (Å²) in [5.74, 6) is -1.26. The molecule has 2 rings (SSSR count). The number of nitrogens with two attached hydrogens (primary N) is 1. The van der Waals surface area contributed by atoms with Crippen molar-refractivity contribution in [3.05, 3.63) is 12.4 Å². The summed E-state index contributed by atoms with van der Waals surface area (Å²) in [7, 11) is 0. The molecule has 1 fully saturated rings. The van der Waals surface area contributed by atoms with Crippen LogP contribution in [0, 0.1) is 5.41 Å². The van der Waals surface area contributed by atoms with E-state index in [-0.39, 0.29) is 25.1 Å². The fraction of sp³-hybridized carbons (Fsp3) is 0.545. The van der Waals surface area contributed by atoms with E-state index in [0.29, 0.717) is 12.3 Å². The predicted octanol–water partition coefficient (Wildman–Crippen LogP) is -0.730. The molecule has 1 aromatic rings. The number of aromatic nitrogens is 2. The molecule has 8 nitrogen and oxygen atoms in total. The standard InChI is InChI=1S/C11H16N4O4/c1-11(6-19-5-8(11)12)10(18)14-7-2-13-15(3-7)4-9(16)17/h2-3,8H,4-6,12H2,1H3,(H,14,18)(H,16,17). The molecule has 1 aliphatic rings. The lowest BCUT2D eigenvalue weighted by atomic mass is 9.85. The minimum atomic E-state index is -1.00. The van der Waals surface area contributed by atoms with Crippen LogP contribution < -0.4 is 11.1 Å². The van der Waals surface area contributed by atoms with E-state index in [1.165, 1.54) is 17.1 Å². The van der Waals surface area contributed by atoms with Crippen molar-refractivity contribution in [2.45, 2.75) is 19.5 Å². The highest BCUT2D eigenvalue weighted by Crippen LogP contribution is 2.28. The van der Waals surface area contributed by atoms with Gasteiger partial charge in [0.15, 0.2) is 0 Å². The number of nitrogens with one attached hydrogen (secondary N) is 1. The van der Waals surface area contributed by atoms with Crippen LogP contribution in [0.4, 0.5) is 5.69 Å². The first-order valence-electron chi connectivity index (χ1n) is 5.81. The highest BCUT2D eigenvalue weighted by atomic mass is 16.5. The monoisotopic (exact) mass is 268 g/mol. The van der Waals surface area contributed by atoms with Gasteiger partial charge in [-0.15, -0.1) is 0 Å². The van der Waals surface area contributed by atoms with E-state index in [2.05, 4.69) is 10.4 Å². The Morgan fingerprint density at radius 1 is 1.74 bits per heavy atom. The van der Waals surface area contributed by atoms with Gasteiger partial charge in [-0.05, 0) is 6.92 Å². The molecule has 1 saturated heterocycles. The van der Waals surface area contributed by atoms with Crippen molar-refractivity contribution in [1.82, 2.24) is 9.78 Å². The van der Waals surface area contributed by atoms with Crippen LogP contribution in [0.15, 0.2) is 12.4 Å². The number of hydrogen-bond donors (Lipinski definition) is 3. The summed E-state index contributed by atoms with van der Waals surface area (Å²) in [6.45, 7) is 2.10. The van der Waals surface area contributed by atoms with Gasteiger partial charge in [-0.25, -0.2) is 0 Å². The molecule has 1 aromatic heterocycles. The minimum absolute atomic E-state index is 0.254. The summed E-state index contributed by atoms with van der Waals surface area (Å²) >= 11 is 0. The highest BCUT2D eigenvalue weighted by Gasteiger charge is 2.44. The molecule has 1 aliphatic heterocycles. The summed E-state index contributed by atoms with van der Waals surface area (Å²) in [4.78, 5) is 22.7. The Bertz CT molecular complexity index is 501. The van der Waals surface area contributed by atoms with E-state index in [1.807, 2.05) is 0 Å². The number of ether oxygens (including phenoxy) is 1. The van der Waals surface area contributed by atoms with Crippen molar-refractivity contribution in [3.8, 4) is 0 Å². The Hall–Kier alpha value is -1.93. The van der Waals surface area contributed by atoms with Crippen LogP contribution in [0.2, 0.25) is 0 Å². The number of amides is 1. The van der Waals surface area contributed by atoms with Crippen molar-refractivity contribution in [3.63, 3.8) is 0 Å². The Labute approximate surface area is 109 Å². The van der Waals surface area contributed by atoms with E-state index in [4.69, 9.17) is 15.6 Å². The Kier molecular flexibility index (Phi) is 3.54. The number of aliphatic carboxylic acids is 1. The Morgan fingerprint density at radius 2 is 2.47 bits per heavy atom. The molecule has 1 amide bonds. The third-order valence-corrected chi connectivity index (χ3v) is 3.22. The van der Waals surface area contributed by atoms with Crippen molar-refractivity contribution in [2.75, 3.05) is 18.5 Å². The van der Waals surface area contributed by atoms with Gasteiger partial charge in [0, 0.05) is 12.2 Å². The molecule has 0 saturated carbocycles. The molecule has 104 valence electrons. The summed E-state index contributed by atoms with van der Waals surface area (Å²) in [6, 6.07) is -0.360. The number of carboxylic acids is 1. The molecule has 0 aromatic carbocycles.